The van der Waals surface area contributed by atoms with Crippen LogP contribution in [0, 0.1) is 15.5 Å². The molecule has 0 aromatic heterocycles. The zero-order valence-corrected chi connectivity index (χ0v) is 26.0. The van der Waals surface area contributed by atoms with Gasteiger partial charge < -0.3 is 4.74 Å². The van der Waals surface area contributed by atoms with E-state index in [-0.39, 0.29) is 34.3 Å². The molecule has 4 aromatic carbocycles. The Morgan fingerprint density at radius 2 is 1.57 bits per heavy atom. The largest absolute Gasteiger partial charge is 0.497 e. The van der Waals surface area contributed by atoms with E-state index < -0.39 is 17.4 Å². The number of Topliss-reactive ketones (excluding diaryl/α,β-unsaturated/α-hetero) is 2. The third-order valence-electron chi connectivity index (χ3n) is 10.7. The van der Waals surface area contributed by atoms with E-state index in [1.165, 1.54) is 6.07 Å². The highest BCUT2D eigenvalue weighted by atomic mass is 16.6. The zero-order chi connectivity index (χ0) is 31.8. The second-order valence-corrected chi connectivity index (χ2v) is 12.9. The highest BCUT2D eigenvalue weighted by Gasteiger charge is 2.67. The Morgan fingerprint density at radius 3 is 2.26 bits per heavy atom. The molecule has 2 fully saturated rings. The van der Waals surface area contributed by atoms with Crippen LogP contribution in [0.15, 0.2) is 103 Å². The van der Waals surface area contributed by atoms with Gasteiger partial charge in [-0.1, -0.05) is 92.1 Å². The van der Waals surface area contributed by atoms with Gasteiger partial charge in [0, 0.05) is 41.3 Å². The molecule has 234 valence electrons. The Hall–Kier alpha value is -4.62. The number of hydrogen-bond donors (Lipinski definition) is 0. The molecule has 1 spiro atoms. The van der Waals surface area contributed by atoms with Crippen molar-refractivity contribution in [2.45, 2.75) is 69.0 Å². The summed E-state index contributed by atoms with van der Waals surface area (Å²) in [5, 5.41) is 12.1. The first-order chi connectivity index (χ1) is 22.4. The fourth-order valence-corrected chi connectivity index (χ4v) is 8.71. The molecule has 7 rings (SSSR count). The first kappa shape index (κ1) is 30.1. The molecule has 7 heteroatoms. The van der Waals surface area contributed by atoms with Crippen molar-refractivity contribution in [2.75, 3.05) is 7.11 Å². The molecule has 4 aromatic rings. The Bertz CT molecular complexity index is 1770. The second-order valence-electron chi connectivity index (χ2n) is 12.9. The van der Waals surface area contributed by atoms with E-state index in [2.05, 4.69) is 17.0 Å². The van der Waals surface area contributed by atoms with Crippen LogP contribution in [0.1, 0.15) is 87.9 Å². The first-order valence-corrected chi connectivity index (χ1v) is 16.3. The molecule has 4 atom stereocenters. The van der Waals surface area contributed by atoms with Gasteiger partial charge in [0.25, 0.3) is 5.69 Å². The highest BCUT2D eigenvalue weighted by molar-refractivity contribution is 6.11. The van der Waals surface area contributed by atoms with E-state index in [0.29, 0.717) is 29.7 Å². The Kier molecular flexibility index (Phi) is 8.03. The molecule has 1 aliphatic heterocycles. The number of nitro benzene ring substituents is 1. The summed E-state index contributed by atoms with van der Waals surface area (Å²) in [6.45, 7) is 0. The molecule has 0 bridgehead atoms. The quantitative estimate of drug-likeness (QED) is 0.119. The van der Waals surface area contributed by atoms with Gasteiger partial charge in [-0.05, 0) is 60.6 Å². The normalized spacial score (nSPS) is 24.9. The smallest absolute Gasteiger partial charge is 0.269 e. The van der Waals surface area contributed by atoms with E-state index >= 15 is 9.59 Å². The zero-order valence-electron chi connectivity index (χ0n) is 26.0. The number of nitro groups is 1. The Morgan fingerprint density at radius 1 is 0.870 bits per heavy atom. The van der Waals surface area contributed by atoms with E-state index in [0.717, 1.165) is 48.8 Å². The van der Waals surface area contributed by atoms with Gasteiger partial charge in [0.15, 0.2) is 11.6 Å². The monoisotopic (exact) mass is 614 g/mol. The standard InChI is InChI=1S/C39H38N2O5/c1-46-32-20-21-33-28(25-32)22-23-39(38(33)43)34(29-16-11-19-31(24-29)41(44)45)35(26-12-5-2-6-13-26)40(30-17-9-4-10-18-30)37(39)36(42)27-14-7-3-8-15-27/h2-3,5-8,11-16,19-21,24-25,30,34-35,37H,4,9-10,17-18,22-23H2,1H3/t34-,35-,37-,39+/m1/s1. The van der Waals surface area contributed by atoms with Crippen LogP contribution in [-0.2, 0) is 6.42 Å². The van der Waals surface area contributed by atoms with Crippen molar-refractivity contribution in [2.24, 2.45) is 5.41 Å². The minimum Gasteiger partial charge on any atom is -0.497 e. The predicted octanol–water partition coefficient (Wildman–Crippen LogP) is 8.14. The molecule has 0 unspecified atom stereocenters. The fraction of sp³-hybridized carbons (Fsp3) is 0.333. The van der Waals surface area contributed by atoms with Gasteiger partial charge in [0.05, 0.1) is 23.5 Å². The SMILES string of the molecule is COc1ccc2c(c1)CC[C@]1(C2=O)[C@H](c2cccc([N+](=O)[O-])c2)[C@@H](c2ccccc2)N(C2CCCCC2)[C@@H]1C(=O)c1ccccc1. The van der Waals surface area contributed by atoms with Crippen molar-refractivity contribution < 1.29 is 19.2 Å². The number of fused-ring (bicyclic) bond motifs is 1. The van der Waals surface area contributed by atoms with Gasteiger partial charge in [0.2, 0.25) is 0 Å². The van der Waals surface area contributed by atoms with E-state index in [1.54, 1.807) is 19.2 Å². The highest BCUT2D eigenvalue weighted by Crippen LogP contribution is 2.64. The van der Waals surface area contributed by atoms with Crippen LogP contribution >= 0.6 is 0 Å². The number of methoxy groups -OCH3 is 1. The summed E-state index contributed by atoms with van der Waals surface area (Å²) in [7, 11) is 1.62. The van der Waals surface area contributed by atoms with Crippen molar-refractivity contribution >= 4 is 17.3 Å². The number of benzene rings is 4. The van der Waals surface area contributed by atoms with E-state index in [1.807, 2.05) is 72.8 Å². The van der Waals surface area contributed by atoms with Crippen LogP contribution in [0.2, 0.25) is 0 Å². The number of hydrogen-bond acceptors (Lipinski definition) is 6. The molecule has 1 saturated carbocycles. The maximum atomic E-state index is 15.4. The summed E-state index contributed by atoms with van der Waals surface area (Å²) in [6, 6.07) is 30.8. The number of carbonyl (C=O) groups excluding carboxylic acids is 2. The number of likely N-dealkylation sites (tertiary alicyclic amines) is 1. The van der Waals surface area contributed by atoms with Crippen LogP contribution in [0.25, 0.3) is 0 Å². The maximum Gasteiger partial charge on any atom is 0.269 e. The third-order valence-corrected chi connectivity index (χ3v) is 10.7. The topological polar surface area (TPSA) is 89.8 Å². The third kappa shape index (κ3) is 4.94. The second kappa shape index (κ2) is 12.3. The lowest BCUT2D eigenvalue weighted by atomic mass is 9.57. The van der Waals surface area contributed by atoms with Crippen molar-refractivity contribution in [3.63, 3.8) is 0 Å². The molecule has 0 amide bonds. The van der Waals surface area contributed by atoms with Crippen molar-refractivity contribution in [1.29, 1.82) is 0 Å². The number of nitrogens with zero attached hydrogens (tertiary/aromatic N) is 2. The summed E-state index contributed by atoms with van der Waals surface area (Å²) >= 11 is 0. The van der Waals surface area contributed by atoms with Crippen molar-refractivity contribution in [3.05, 3.63) is 141 Å². The molecular formula is C39H38N2O5. The molecule has 7 nitrogen and oxygen atoms in total. The number of aryl methyl sites for hydroxylation is 1. The molecule has 0 radical (unpaired) electrons. The minimum atomic E-state index is -1.16. The summed E-state index contributed by atoms with van der Waals surface area (Å²) in [5.41, 5.74) is 2.64. The van der Waals surface area contributed by atoms with Gasteiger partial charge in [0.1, 0.15) is 5.75 Å². The summed E-state index contributed by atoms with van der Waals surface area (Å²) in [5.74, 6) is 0.0518. The van der Waals surface area contributed by atoms with E-state index in [4.69, 9.17) is 4.74 Å². The summed E-state index contributed by atoms with van der Waals surface area (Å²) < 4.78 is 5.51. The predicted molar refractivity (Wildman–Crippen MR) is 176 cm³/mol. The average Bonchev–Trinajstić information content (AvgIpc) is 3.42. The van der Waals surface area contributed by atoms with Gasteiger partial charge in [-0.15, -0.1) is 0 Å². The van der Waals surface area contributed by atoms with Crippen LogP contribution in [0.5, 0.6) is 5.75 Å². The number of carbonyl (C=O) groups is 2. The Labute approximate surface area is 269 Å². The van der Waals surface area contributed by atoms with Crippen LogP contribution in [0.4, 0.5) is 5.69 Å². The molecule has 46 heavy (non-hydrogen) atoms. The lowest BCUT2D eigenvalue weighted by Gasteiger charge is -2.44. The molecule has 1 heterocycles. The lowest BCUT2D eigenvalue weighted by Crippen LogP contribution is -2.55. The van der Waals surface area contributed by atoms with Gasteiger partial charge in [-0.2, -0.15) is 0 Å². The Balaban J connectivity index is 1.54. The average molecular weight is 615 g/mol. The molecule has 1 saturated heterocycles. The number of rotatable bonds is 7. The van der Waals surface area contributed by atoms with Gasteiger partial charge in [-0.3, -0.25) is 24.6 Å². The molecule has 3 aliphatic rings. The number of non-ortho nitro benzene ring substituents is 1. The molecule has 0 N–H and O–H groups in total. The fourth-order valence-electron chi connectivity index (χ4n) is 8.71. The number of ether oxygens (including phenoxy) is 1. The summed E-state index contributed by atoms with van der Waals surface area (Å²) in [4.78, 5) is 44.7. The summed E-state index contributed by atoms with van der Waals surface area (Å²) in [6.07, 6.45) is 6.14. The van der Waals surface area contributed by atoms with E-state index in [9.17, 15) is 10.1 Å². The van der Waals surface area contributed by atoms with Crippen LogP contribution in [0.3, 0.4) is 0 Å². The van der Waals surface area contributed by atoms with Gasteiger partial charge in [-0.25, -0.2) is 0 Å². The van der Waals surface area contributed by atoms with Crippen molar-refractivity contribution in [1.82, 2.24) is 4.90 Å². The van der Waals surface area contributed by atoms with Gasteiger partial charge >= 0.3 is 0 Å². The molecular weight excluding hydrogens is 576 g/mol. The first-order valence-electron chi connectivity index (χ1n) is 16.3. The molecule has 2 aliphatic carbocycles. The van der Waals surface area contributed by atoms with Crippen molar-refractivity contribution in [3.8, 4) is 5.75 Å². The number of ketones is 2. The van der Waals surface area contributed by atoms with Crippen LogP contribution < -0.4 is 4.74 Å². The van der Waals surface area contributed by atoms with Crippen LogP contribution in [-0.4, -0.2) is 40.6 Å². The lowest BCUT2D eigenvalue weighted by molar-refractivity contribution is -0.384. The maximum absolute atomic E-state index is 15.4. The minimum absolute atomic E-state index is 0.0186.